The molecule has 0 aromatic heterocycles. The van der Waals surface area contributed by atoms with E-state index in [2.05, 4.69) is 32.4 Å². The first-order valence-corrected chi connectivity index (χ1v) is 10.4. The Morgan fingerprint density at radius 1 is 1.27 bits per heavy atom. The molecule has 2 aliphatic rings. The number of guanidine groups is 1. The van der Waals surface area contributed by atoms with E-state index in [9.17, 15) is 13.2 Å². The SMILES string of the molecule is CN=C(NCC#Cc1cccc(C(F)(F)F)c1)NC1CCN(CC2CCOC2)CC1. The van der Waals surface area contributed by atoms with Crippen LogP contribution in [0.3, 0.4) is 0 Å². The zero-order valence-corrected chi connectivity index (χ0v) is 17.3. The second-order valence-electron chi connectivity index (χ2n) is 7.75. The Morgan fingerprint density at radius 3 is 2.73 bits per heavy atom. The highest BCUT2D eigenvalue weighted by Gasteiger charge is 2.30. The molecule has 0 bridgehead atoms. The van der Waals surface area contributed by atoms with Crippen LogP contribution in [0.25, 0.3) is 0 Å². The molecule has 1 aromatic carbocycles. The third kappa shape index (κ3) is 6.92. The number of alkyl halides is 3. The van der Waals surface area contributed by atoms with Crippen LogP contribution in [0.15, 0.2) is 29.3 Å². The molecule has 2 N–H and O–H groups in total. The van der Waals surface area contributed by atoms with Gasteiger partial charge in [-0.3, -0.25) is 4.99 Å². The van der Waals surface area contributed by atoms with Crippen molar-refractivity contribution < 1.29 is 17.9 Å². The maximum Gasteiger partial charge on any atom is 0.416 e. The topological polar surface area (TPSA) is 48.9 Å². The van der Waals surface area contributed by atoms with Crippen molar-refractivity contribution in [1.82, 2.24) is 15.5 Å². The molecule has 5 nitrogen and oxygen atoms in total. The molecule has 1 atom stereocenters. The fourth-order valence-electron chi connectivity index (χ4n) is 3.79. The zero-order chi connectivity index (χ0) is 21.4. The summed E-state index contributed by atoms with van der Waals surface area (Å²) in [4.78, 5) is 6.73. The van der Waals surface area contributed by atoms with E-state index in [0.717, 1.165) is 64.2 Å². The Morgan fingerprint density at radius 2 is 2.07 bits per heavy atom. The number of piperidine rings is 1. The minimum atomic E-state index is -4.36. The van der Waals surface area contributed by atoms with Crippen molar-refractivity contribution in [1.29, 1.82) is 0 Å². The van der Waals surface area contributed by atoms with E-state index in [4.69, 9.17) is 4.74 Å². The molecule has 2 fully saturated rings. The lowest BCUT2D eigenvalue weighted by molar-refractivity contribution is -0.137. The second kappa shape index (κ2) is 10.7. The van der Waals surface area contributed by atoms with E-state index in [-0.39, 0.29) is 0 Å². The molecule has 2 aliphatic heterocycles. The highest BCUT2D eigenvalue weighted by atomic mass is 19.4. The van der Waals surface area contributed by atoms with Crippen molar-refractivity contribution in [3.05, 3.63) is 35.4 Å². The van der Waals surface area contributed by atoms with Crippen molar-refractivity contribution >= 4 is 5.96 Å². The third-order valence-corrected chi connectivity index (χ3v) is 5.46. The molecular formula is C22H29F3N4O. The number of ether oxygens (including phenoxy) is 1. The van der Waals surface area contributed by atoms with Crippen LogP contribution in [0.2, 0.25) is 0 Å². The molecule has 0 amide bonds. The third-order valence-electron chi connectivity index (χ3n) is 5.46. The molecule has 164 valence electrons. The molecule has 0 radical (unpaired) electrons. The van der Waals surface area contributed by atoms with Crippen molar-refractivity contribution in [2.75, 3.05) is 46.4 Å². The second-order valence-corrected chi connectivity index (χ2v) is 7.75. The van der Waals surface area contributed by atoms with Gasteiger partial charge in [-0.25, -0.2) is 0 Å². The van der Waals surface area contributed by atoms with E-state index < -0.39 is 11.7 Å². The lowest BCUT2D eigenvalue weighted by Crippen LogP contribution is -2.49. The quantitative estimate of drug-likeness (QED) is 0.445. The molecule has 2 heterocycles. The van der Waals surface area contributed by atoms with Crippen LogP contribution in [0.1, 0.15) is 30.4 Å². The van der Waals surface area contributed by atoms with E-state index in [1.165, 1.54) is 6.07 Å². The summed E-state index contributed by atoms with van der Waals surface area (Å²) in [6.45, 7) is 5.31. The van der Waals surface area contributed by atoms with Crippen LogP contribution in [-0.4, -0.2) is 63.3 Å². The summed E-state index contributed by atoms with van der Waals surface area (Å²) in [7, 11) is 1.70. The number of benzene rings is 1. The highest BCUT2D eigenvalue weighted by molar-refractivity contribution is 5.80. The summed E-state index contributed by atoms with van der Waals surface area (Å²) in [6.07, 6.45) is -1.10. The maximum atomic E-state index is 12.8. The van der Waals surface area contributed by atoms with E-state index in [1.54, 1.807) is 13.1 Å². The van der Waals surface area contributed by atoms with Crippen LogP contribution in [0.4, 0.5) is 13.2 Å². The Kier molecular flexibility index (Phi) is 8.00. The molecular weight excluding hydrogens is 393 g/mol. The normalized spacial score (nSPS) is 21.2. The summed E-state index contributed by atoms with van der Waals surface area (Å²) in [5, 5.41) is 6.53. The van der Waals surface area contributed by atoms with Crippen LogP contribution in [0.5, 0.6) is 0 Å². The largest absolute Gasteiger partial charge is 0.416 e. The number of rotatable bonds is 4. The van der Waals surface area contributed by atoms with Gasteiger partial charge >= 0.3 is 6.18 Å². The van der Waals surface area contributed by atoms with Gasteiger partial charge in [-0.05, 0) is 43.4 Å². The molecule has 1 aromatic rings. The van der Waals surface area contributed by atoms with E-state index >= 15 is 0 Å². The van der Waals surface area contributed by atoms with Crippen molar-refractivity contribution in [2.45, 2.75) is 31.5 Å². The average molecular weight is 422 g/mol. The van der Waals surface area contributed by atoms with Crippen LogP contribution < -0.4 is 10.6 Å². The number of aliphatic imine (C=N–C) groups is 1. The Labute approximate surface area is 176 Å². The van der Waals surface area contributed by atoms with Crippen LogP contribution in [-0.2, 0) is 10.9 Å². The lowest BCUT2D eigenvalue weighted by Gasteiger charge is -2.34. The number of likely N-dealkylation sites (tertiary alicyclic amines) is 1. The van der Waals surface area contributed by atoms with Gasteiger partial charge in [0.05, 0.1) is 18.7 Å². The number of nitrogens with zero attached hydrogens (tertiary/aromatic N) is 2. The van der Waals surface area contributed by atoms with Crippen LogP contribution in [0, 0.1) is 17.8 Å². The van der Waals surface area contributed by atoms with Gasteiger partial charge in [0.1, 0.15) is 0 Å². The van der Waals surface area contributed by atoms with E-state index in [0.29, 0.717) is 30.0 Å². The van der Waals surface area contributed by atoms with Gasteiger partial charge < -0.3 is 20.3 Å². The fraction of sp³-hybridized carbons (Fsp3) is 0.591. The van der Waals surface area contributed by atoms with Gasteiger partial charge in [0.2, 0.25) is 0 Å². The zero-order valence-electron chi connectivity index (χ0n) is 17.3. The number of nitrogens with one attached hydrogen (secondary N) is 2. The van der Waals surface area contributed by atoms with Crippen molar-refractivity contribution in [3.8, 4) is 11.8 Å². The predicted molar refractivity (Wildman–Crippen MR) is 111 cm³/mol. The molecule has 0 saturated carbocycles. The lowest BCUT2D eigenvalue weighted by atomic mass is 10.0. The van der Waals surface area contributed by atoms with Crippen molar-refractivity contribution in [3.63, 3.8) is 0 Å². The summed E-state index contributed by atoms with van der Waals surface area (Å²) in [5.74, 6) is 6.96. The average Bonchev–Trinajstić information content (AvgIpc) is 3.24. The summed E-state index contributed by atoms with van der Waals surface area (Å²) >= 11 is 0. The predicted octanol–water partition coefficient (Wildman–Crippen LogP) is 2.72. The molecule has 30 heavy (non-hydrogen) atoms. The Hall–Kier alpha value is -2.24. The summed E-state index contributed by atoms with van der Waals surface area (Å²) < 4.78 is 43.7. The summed E-state index contributed by atoms with van der Waals surface area (Å²) in [5.41, 5.74) is -0.346. The maximum absolute atomic E-state index is 12.8. The molecule has 0 aliphatic carbocycles. The first kappa shape index (κ1) is 22.4. The minimum Gasteiger partial charge on any atom is -0.381 e. The Bertz CT molecular complexity index is 771. The number of halogens is 3. The monoisotopic (exact) mass is 422 g/mol. The summed E-state index contributed by atoms with van der Waals surface area (Å²) in [6, 6.07) is 5.39. The molecule has 8 heteroatoms. The number of hydrogen-bond acceptors (Lipinski definition) is 3. The standard InChI is InChI=1S/C22H29F3N4O/c1-26-21(27-10-3-5-17-4-2-6-19(14-17)22(23,24)25)28-20-7-11-29(12-8-20)15-18-9-13-30-16-18/h2,4,6,14,18,20H,7-13,15-16H2,1H3,(H2,26,27,28). The van der Waals surface area contributed by atoms with Gasteiger partial charge in [0.25, 0.3) is 0 Å². The Balaban J connectivity index is 1.40. The number of hydrogen-bond donors (Lipinski definition) is 2. The van der Waals surface area contributed by atoms with Gasteiger partial charge in [-0.2, -0.15) is 13.2 Å². The fourth-order valence-corrected chi connectivity index (χ4v) is 3.79. The van der Waals surface area contributed by atoms with Crippen LogP contribution >= 0.6 is 0 Å². The van der Waals surface area contributed by atoms with Gasteiger partial charge in [-0.1, -0.05) is 17.9 Å². The molecule has 1 unspecified atom stereocenters. The van der Waals surface area contributed by atoms with Gasteiger partial charge in [-0.15, -0.1) is 0 Å². The van der Waals surface area contributed by atoms with Gasteiger partial charge in [0.15, 0.2) is 5.96 Å². The van der Waals surface area contributed by atoms with Crippen molar-refractivity contribution in [2.24, 2.45) is 10.9 Å². The van der Waals surface area contributed by atoms with E-state index in [1.807, 2.05) is 0 Å². The highest BCUT2D eigenvalue weighted by Crippen LogP contribution is 2.29. The molecule has 0 spiro atoms. The minimum absolute atomic E-state index is 0.302. The molecule has 3 rings (SSSR count). The first-order valence-electron chi connectivity index (χ1n) is 10.4. The molecule has 2 saturated heterocycles. The smallest absolute Gasteiger partial charge is 0.381 e. The van der Waals surface area contributed by atoms with Gasteiger partial charge in [0, 0.05) is 44.9 Å². The first-order chi connectivity index (χ1) is 14.4.